The van der Waals surface area contributed by atoms with Crippen LogP contribution in [-0.2, 0) is 0 Å². The molecular formula is C17H15N3O2S. The number of nitrogens with one attached hydrogen (secondary N) is 1. The molecule has 0 saturated carbocycles. The Morgan fingerprint density at radius 2 is 1.87 bits per heavy atom. The lowest BCUT2D eigenvalue weighted by molar-refractivity contribution is -0.384. The van der Waals surface area contributed by atoms with Crippen LogP contribution < -0.4 is 5.32 Å². The summed E-state index contributed by atoms with van der Waals surface area (Å²) in [6, 6.07) is 12.7. The summed E-state index contributed by atoms with van der Waals surface area (Å²) in [6.45, 7) is 4.10. The number of anilines is 2. The van der Waals surface area contributed by atoms with Crippen LogP contribution in [0.3, 0.4) is 0 Å². The maximum Gasteiger partial charge on any atom is 0.269 e. The highest BCUT2D eigenvalue weighted by atomic mass is 32.1. The van der Waals surface area contributed by atoms with Gasteiger partial charge in [-0.1, -0.05) is 12.1 Å². The first kappa shape index (κ1) is 15.2. The van der Waals surface area contributed by atoms with Gasteiger partial charge in [0, 0.05) is 28.8 Å². The lowest BCUT2D eigenvalue weighted by Gasteiger charge is -2.07. The van der Waals surface area contributed by atoms with E-state index in [1.54, 1.807) is 12.1 Å². The molecule has 23 heavy (non-hydrogen) atoms. The highest BCUT2D eigenvalue weighted by Crippen LogP contribution is 2.29. The van der Waals surface area contributed by atoms with Crippen molar-refractivity contribution in [2.24, 2.45) is 0 Å². The monoisotopic (exact) mass is 325 g/mol. The number of nitro benzene ring substituents is 1. The summed E-state index contributed by atoms with van der Waals surface area (Å²) in [4.78, 5) is 14.9. The first-order chi connectivity index (χ1) is 11.0. The predicted octanol–water partition coefficient (Wildman–Crippen LogP) is 5.08. The van der Waals surface area contributed by atoms with Crippen LogP contribution in [0.15, 0.2) is 47.8 Å². The molecule has 2 aromatic carbocycles. The molecular weight excluding hydrogens is 310 g/mol. The minimum absolute atomic E-state index is 0.0812. The standard InChI is InChI=1S/C17H15N3O2S/c1-11-3-4-12(2)15(9-11)18-17-19-16(10-23-17)13-5-7-14(8-6-13)20(21)22/h3-10H,1-2H3,(H,18,19). The van der Waals surface area contributed by atoms with E-state index in [2.05, 4.69) is 35.4 Å². The average molecular weight is 325 g/mol. The minimum atomic E-state index is -0.404. The van der Waals surface area contributed by atoms with Gasteiger partial charge in [-0.25, -0.2) is 4.98 Å². The van der Waals surface area contributed by atoms with Crippen molar-refractivity contribution in [3.05, 3.63) is 69.1 Å². The predicted molar refractivity (Wildman–Crippen MR) is 93.4 cm³/mol. The molecule has 0 aliphatic rings. The van der Waals surface area contributed by atoms with Gasteiger partial charge in [0.25, 0.3) is 5.69 Å². The summed E-state index contributed by atoms with van der Waals surface area (Å²) >= 11 is 1.51. The van der Waals surface area contributed by atoms with Gasteiger partial charge in [-0.15, -0.1) is 11.3 Å². The maximum atomic E-state index is 10.7. The Balaban J connectivity index is 1.82. The summed E-state index contributed by atoms with van der Waals surface area (Å²) in [6.07, 6.45) is 0. The Hall–Kier alpha value is -2.73. The number of benzene rings is 2. The molecule has 0 aliphatic carbocycles. The quantitative estimate of drug-likeness (QED) is 0.536. The summed E-state index contributed by atoms with van der Waals surface area (Å²) in [7, 11) is 0. The van der Waals surface area contributed by atoms with Crippen molar-refractivity contribution in [1.29, 1.82) is 0 Å². The summed E-state index contributed by atoms with van der Waals surface area (Å²) < 4.78 is 0. The molecule has 0 saturated heterocycles. The second-order valence-corrected chi connectivity index (χ2v) is 6.14. The highest BCUT2D eigenvalue weighted by Gasteiger charge is 2.09. The normalized spacial score (nSPS) is 10.5. The van der Waals surface area contributed by atoms with Crippen molar-refractivity contribution in [3.63, 3.8) is 0 Å². The first-order valence-corrected chi connectivity index (χ1v) is 7.95. The second-order valence-electron chi connectivity index (χ2n) is 5.29. The van der Waals surface area contributed by atoms with E-state index in [9.17, 15) is 10.1 Å². The number of aryl methyl sites for hydroxylation is 2. The molecule has 6 heteroatoms. The van der Waals surface area contributed by atoms with E-state index in [4.69, 9.17) is 0 Å². The van der Waals surface area contributed by atoms with E-state index < -0.39 is 4.92 Å². The van der Waals surface area contributed by atoms with E-state index in [0.29, 0.717) is 0 Å². The molecule has 0 unspecified atom stereocenters. The maximum absolute atomic E-state index is 10.7. The van der Waals surface area contributed by atoms with E-state index in [1.165, 1.54) is 29.0 Å². The van der Waals surface area contributed by atoms with Crippen LogP contribution in [0.1, 0.15) is 11.1 Å². The van der Waals surface area contributed by atoms with Crippen molar-refractivity contribution in [2.45, 2.75) is 13.8 Å². The smallest absolute Gasteiger partial charge is 0.269 e. The van der Waals surface area contributed by atoms with Crippen molar-refractivity contribution in [1.82, 2.24) is 4.98 Å². The molecule has 0 atom stereocenters. The number of hydrogen-bond donors (Lipinski definition) is 1. The Morgan fingerprint density at radius 1 is 1.13 bits per heavy atom. The number of hydrogen-bond acceptors (Lipinski definition) is 5. The van der Waals surface area contributed by atoms with Gasteiger partial charge >= 0.3 is 0 Å². The van der Waals surface area contributed by atoms with Crippen LogP contribution in [0.25, 0.3) is 11.3 Å². The van der Waals surface area contributed by atoms with E-state index in [1.807, 2.05) is 12.3 Å². The van der Waals surface area contributed by atoms with Gasteiger partial charge in [0.15, 0.2) is 5.13 Å². The zero-order chi connectivity index (χ0) is 16.4. The van der Waals surface area contributed by atoms with Crippen molar-refractivity contribution in [2.75, 3.05) is 5.32 Å². The molecule has 0 bridgehead atoms. The Bertz CT molecular complexity index is 857. The fraction of sp³-hybridized carbons (Fsp3) is 0.118. The topological polar surface area (TPSA) is 68.1 Å². The molecule has 0 spiro atoms. The Morgan fingerprint density at radius 3 is 2.57 bits per heavy atom. The number of aromatic nitrogens is 1. The Labute approximate surface area is 137 Å². The third-order valence-electron chi connectivity index (χ3n) is 3.51. The van der Waals surface area contributed by atoms with Crippen LogP contribution in [0.4, 0.5) is 16.5 Å². The van der Waals surface area contributed by atoms with Crippen LogP contribution in [0.2, 0.25) is 0 Å². The van der Waals surface area contributed by atoms with Crippen LogP contribution in [0, 0.1) is 24.0 Å². The van der Waals surface area contributed by atoms with Gasteiger partial charge < -0.3 is 5.32 Å². The largest absolute Gasteiger partial charge is 0.331 e. The highest BCUT2D eigenvalue weighted by molar-refractivity contribution is 7.14. The van der Waals surface area contributed by atoms with Gasteiger partial charge in [-0.05, 0) is 43.2 Å². The number of nitrogens with zero attached hydrogens (tertiary/aromatic N) is 2. The summed E-state index contributed by atoms with van der Waals surface area (Å²) in [5.41, 5.74) is 5.12. The minimum Gasteiger partial charge on any atom is -0.331 e. The molecule has 3 aromatic rings. The molecule has 0 radical (unpaired) electrons. The zero-order valence-electron chi connectivity index (χ0n) is 12.7. The number of nitro groups is 1. The molecule has 1 aromatic heterocycles. The van der Waals surface area contributed by atoms with Crippen molar-refractivity contribution in [3.8, 4) is 11.3 Å². The lowest BCUT2D eigenvalue weighted by atomic mass is 10.1. The molecule has 5 nitrogen and oxygen atoms in total. The fourth-order valence-electron chi connectivity index (χ4n) is 2.20. The van der Waals surface area contributed by atoms with Gasteiger partial charge in [0.05, 0.1) is 10.6 Å². The van der Waals surface area contributed by atoms with Gasteiger partial charge in [0.1, 0.15) is 0 Å². The zero-order valence-corrected chi connectivity index (χ0v) is 13.6. The fourth-order valence-corrected chi connectivity index (χ4v) is 2.94. The van der Waals surface area contributed by atoms with Crippen LogP contribution in [-0.4, -0.2) is 9.91 Å². The molecule has 116 valence electrons. The van der Waals surface area contributed by atoms with E-state index in [0.717, 1.165) is 27.6 Å². The second kappa shape index (κ2) is 6.18. The average Bonchev–Trinajstić information content (AvgIpc) is 2.99. The van der Waals surface area contributed by atoms with Gasteiger partial charge in [-0.2, -0.15) is 0 Å². The number of thiazole rings is 1. The lowest BCUT2D eigenvalue weighted by Crippen LogP contribution is -1.93. The summed E-state index contributed by atoms with van der Waals surface area (Å²) in [5, 5.41) is 16.8. The molecule has 0 amide bonds. The van der Waals surface area contributed by atoms with Crippen LogP contribution >= 0.6 is 11.3 Å². The third-order valence-corrected chi connectivity index (χ3v) is 4.27. The summed E-state index contributed by atoms with van der Waals surface area (Å²) in [5.74, 6) is 0. The number of non-ortho nitro benzene ring substituents is 1. The molecule has 0 aliphatic heterocycles. The van der Waals surface area contributed by atoms with E-state index >= 15 is 0 Å². The van der Waals surface area contributed by atoms with Crippen LogP contribution in [0.5, 0.6) is 0 Å². The molecule has 3 rings (SSSR count). The Kier molecular flexibility index (Phi) is 4.08. The van der Waals surface area contributed by atoms with E-state index in [-0.39, 0.29) is 5.69 Å². The van der Waals surface area contributed by atoms with Crippen molar-refractivity contribution >= 4 is 27.8 Å². The molecule has 1 N–H and O–H groups in total. The third kappa shape index (κ3) is 3.37. The van der Waals surface area contributed by atoms with Gasteiger partial charge in [-0.3, -0.25) is 10.1 Å². The van der Waals surface area contributed by atoms with Gasteiger partial charge in [0.2, 0.25) is 0 Å². The first-order valence-electron chi connectivity index (χ1n) is 7.07. The SMILES string of the molecule is Cc1ccc(C)c(Nc2nc(-c3ccc([N+](=O)[O-])cc3)cs2)c1. The van der Waals surface area contributed by atoms with Crippen molar-refractivity contribution < 1.29 is 4.92 Å². The molecule has 0 fully saturated rings. The number of rotatable bonds is 4. The molecule has 1 heterocycles.